The van der Waals surface area contributed by atoms with Gasteiger partial charge in [0.1, 0.15) is 0 Å². The summed E-state index contributed by atoms with van der Waals surface area (Å²) in [4.78, 5) is 0. The number of thiol groups is 4. The summed E-state index contributed by atoms with van der Waals surface area (Å²) in [5.41, 5.74) is 0. The molecule has 0 N–H and O–H groups in total. The molecule has 0 saturated carbocycles. The van der Waals surface area contributed by atoms with Gasteiger partial charge in [0, 0.05) is 0 Å². The molecule has 0 aromatic heterocycles. The van der Waals surface area contributed by atoms with Gasteiger partial charge in [-0.1, -0.05) is 0 Å². The van der Waals surface area contributed by atoms with Crippen molar-refractivity contribution >= 4 is 103 Å². The second-order valence-electron chi connectivity index (χ2n) is 0.371. The number of hydrogen-bond acceptors (Lipinski definition) is 6. The quantitative estimate of drug-likeness (QED) is 0.284. The molecule has 0 unspecified atom stereocenters. The first-order chi connectivity index (χ1) is 2.00. The Hall–Kier alpha value is 3.70. The van der Waals surface area contributed by atoms with Crippen LogP contribution < -0.4 is 0 Å². The van der Waals surface area contributed by atoms with Crippen molar-refractivity contribution in [3.63, 3.8) is 0 Å². The van der Waals surface area contributed by atoms with E-state index in [1.165, 1.54) is 0 Å². The van der Waals surface area contributed by atoms with E-state index < -0.39 is 0 Å². The molecule has 1 aliphatic heterocycles. The van der Waals surface area contributed by atoms with Crippen LogP contribution in [0.3, 0.4) is 0 Å². The molecule has 1 fully saturated rings. The van der Waals surface area contributed by atoms with Gasteiger partial charge in [0.15, 0.2) is 0 Å². The van der Waals surface area contributed by atoms with E-state index in [0.29, 0.717) is 36.8 Å². The summed E-state index contributed by atoms with van der Waals surface area (Å²) >= 11 is 0.627. The van der Waals surface area contributed by atoms with Crippen LogP contribution >= 0.6 is 12.3 Å². The summed E-state index contributed by atoms with van der Waals surface area (Å²) < 4.78 is 0. The summed E-state index contributed by atoms with van der Waals surface area (Å²) in [6.45, 7) is 0. The van der Waals surface area contributed by atoms with Crippen LogP contribution in [0.1, 0.15) is 0 Å². The predicted molar refractivity (Wildman–Crippen MR) is 61.7 cm³/mol. The van der Waals surface area contributed by atoms with E-state index in [9.17, 15) is 0 Å². The molecular weight excluding hydrogens is 430 g/mol. The van der Waals surface area contributed by atoms with Gasteiger partial charge in [-0.25, -0.2) is 0 Å². The molecule has 8 heteroatoms. The van der Waals surface area contributed by atoms with E-state index in [1.807, 2.05) is 0 Å². The van der Waals surface area contributed by atoms with Crippen LogP contribution in [0.4, 0.5) is 0 Å². The summed E-state index contributed by atoms with van der Waals surface area (Å²) in [5.74, 6) is 0. The Morgan fingerprint density at radius 3 is 0.750 bits per heavy atom. The first-order valence-electron chi connectivity index (χ1n) is 0.816. The summed E-state index contributed by atoms with van der Waals surface area (Å²) in [6, 6.07) is 0. The molecule has 1 heterocycles. The van der Waals surface area contributed by atoms with Gasteiger partial charge >= 0.3 is 49.0 Å². The van der Waals surface area contributed by atoms with Crippen molar-refractivity contribution in [2.75, 3.05) is 0 Å². The number of rotatable bonds is 0. The molecular formula is H4S6Sn2-4. The maximum absolute atomic E-state index is 2.34. The first-order valence-corrected chi connectivity index (χ1v) is 16.4. The second kappa shape index (κ2) is 17.0. The predicted octanol–water partition coefficient (Wildman–Crippen LogP) is -0.546. The van der Waals surface area contributed by atoms with Crippen LogP contribution in [-0.4, -0.2) is 36.8 Å². The van der Waals surface area contributed by atoms with Crippen molar-refractivity contribution < 1.29 is 0 Å². The minimum atomic E-state index is 0. The van der Waals surface area contributed by atoms with Crippen LogP contribution in [0, 0.1) is 0 Å². The molecule has 0 bridgehead atoms. The first kappa shape index (κ1) is 22.6. The fourth-order valence-corrected chi connectivity index (χ4v) is 16.9. The standard InChI is InChI=1S/4H2S.2S.2Sn/h4*1H2;;;;/p-4. The normalized spacial score (nSPS) is 12.0. The summed E-state index contributed by atoms with van der Waals surface area (Å²) in [7, 11) is 0. The van der Waals surface area contributed by atoms with Gasteiger partial charge in [0.25, 0.3) is 0 Å². The van der Waals surface area contributed by atoms with Gasteiger partial charge in [-0.2, -0.15) is 0 Å². The molecule has 0 aliphatic carbocycles. The van der Waals surface area contributed by atoms with Crippen LogP contribution in [0.25, 0.3) is 0 Å². The van der Waals surface area contributed by atoms with Gasteiger partial charge in [-0.3, -0.25) is 0 Å². The summed E-state index contributed by atoms with van der Waals surface area (Å²) in [5, 5.41) is 0. The number of hydrogen-bond donors (Lipinski definition) is 0. The van der Waals surface area contributed by atoms with E-state index in [4.69, 9.17) is 0 Å². The van der Waals surface area contributed by atoms with Crippen LogP contribution in [0.5, 0.6) is 0 Å². The van der Waals surface area contributed by atoms with Gasteiger partial charge in [-0.05, 0) is 0 Å². The zero-order chi connectivity index (χ0) is 2.83. The van der Waals surface area contributed by atoms with Crippen molar-refractivity contribution in [2.45, 2.75) is 0 Å². The molecule has 0 aromatic rings. The Balaban J connectivity index is -0.0000000200. The van der Waals surface area contributed by atoms with E-state index >= 15 is 0 Å². The molecule has 4 radical (unpaired) electrons. The molecule has 0 spiro atoms. The van der Waals surface area contributed by atoms with Gasteiger partial charge in [-0.15, -0.1) is 0 Å². The third kappa shape index (κ3) is 12.4. The van der Waals surface area contributed by atoms with Crippen molar-refractivity contribution in [1.29, 1.82) is 0 Å². The van der Waals surface area contributed by atoms with Gasteiger partial charge in [0.2, 0.25) is 0 Å². The minimum absolute atomic E-state index is 0. The van der Waals surface area contributed by atoms with E-state index in [-0.39, 0.29) is 54.0 Å². The third-order valence-electron chi connectivity index (χ3n) is 0.167. The molecule has 1 aliphatic rings. The third-order valence-corrected chi connectivity index (χ3v) is 67.5. The van der Waals surface area contributed by atoms with Gasteiger partial charge in [0.05, 0.1) is 0 Å². The fraction of sp³-hybridized carbons (Fsp3) is 0. The Kier molecular flexibility index (Phi) is 47.9. The Morgan fingerprint density at radius 2 is 0.750 bits per heavy atom. The topological polar surface area (TPSA) is 0 Å². The van der Waals surface area contributed by atoms with Crippen LogP contribution in [0.2, 0.25) is 0 Å². The monoisotopic (exact) mass is 436 g/mol. The average Bonchev–Trinajstić information content (AvgIpc) is 0.722. The van der Waals surface area contributed by atoms with Crippen molar-refractivity contribution in [3.05, 3.63) is 0 Å². The molecule has 0 nitrogen and oxygen atoms in total. The van der Waals surface area contributed by atoms with Crippen molar-refractivity contribution in [2.24, 2.45) is 0 Å². The molecule has 8 heavy (non-hydrogen) atoms. The van der Waals surface area contributed by atoms with E-state index in [1.54, 1.807) is 0 Å². The molecule has 0 atom stereocenters. The molecule has 0 amide bonds. The fourth-order valence-electron chi connectivity index (χ4n) is 0.0417. The summed E-state index contributed by atoms with van der Waals surface area (Å²) in [6.07, 6.45) is 4.68. The van der Waals surface area contributed by atoms with Crippen LogP contribution in [0.15, 0.2) is 0 Å². The van der Waals surface area contributed by atoms with E-state index in [2.05, 4.69) is 12.3 Å². The Morgan fingerprint density at radius 1 is 0.625 bits per heavy atom. The van der Waals surface area contributed by atoms with Crippen molar-refractivity contribution in [1.82, 2.24) is 0 Å². The maximum atomic E-state index is 2.34. The zero-order valence-corrected chi connectivity index (χ0v) is 14.5. The average molecular weight is 434 g/mol. The Bertz CT molecular complexity index is 14.5. The molecule has 1 rings (SSSR count). The molecule has 0 aromatic carbocycles. The zero-order valence-electron chi connectivity index (χ0n) is 3.61. The Labute approximate surface area is 101 Å². The molecule has 52 valence electrons. The van der Waals surface area contributed by atoms with Crippen molar-refractivity contribution in [3.8, 4) is 0 Å². The SMILES string of the molecule is [SH-].[SH-].[SH-].[SH-].[S]1[Sn][S][Sn]1. The van der Waals surface area contributed by atoms with Gasteiger partial charge < -0.3 is 54.0 Å². The molecule has 1 saturated heterocycles. The van der Waals surface area contributed by atoms with E-state index in [0.717, 1.165) is 0 Å². The second-order valence-corrected chi connectivity index (χ2v) is 37.6. The van der Waals surface area contributed by atoms with Crippen LogP contribution in [-0.2, 0) is 54.0 Å².